The minimum atomic E-state index is -3.53. The van der Waals surface area contributed by atoms with Crippen LogP contribution in [-0.2, 0) is 9.59 Å². The van der Waals surface area contributed by atoms with Crippen molar-refractivity contribution in [1.29, 1.82) is 0 Å². The first-order valence-electron chi connectivity index (χ1n) is 11.0. The molecular weight excluding hydrogens is 688 g/mol. The Labute approximate surface area is 252 Å². The molecule has 0 spiro atoms. The van der Waals surface area contributed by atoms with Crippen LogP contribution in [0.25, 0.3) is 0 Å². The summed E-state index contributed by atoms with van der Waals surface area (Å²) in [7, 11) is 0. The predicted molar refractivity (Wildman–Crippen MR) is 149 cm³/mol. The second-order valence-corrected chi connectivity index (χ2v) is 11.7. The molecule has 0 saturated heterocycles. The molecule has 40 heavy (non-hydrogen) atoms. The molecule has 3 amide bonds. The third kappa shape index (κ3) is 6.33. The molecule has 1 aliphatic carbocycles. The van der Waals surface area contributed by atoms with Crippen LogP contribution in [0.1, 0.15) is 21.8 Å². The zero-order chi connectivity index (χ0) is 29.5. The maximum atomic E-state index is 14.7. The Hall–Kier alpha value is -2.57. The average molecular weight is 702 g/mol. The number of hydrogen-bond donors (Lipinski definition) is 3. The number of rotatable bonds is 7. The van der Waals surface area contributed by atoms with Crippen molar-refractivity contribution in [3.63, 3.8) is 0 Å². The van der Waals surface area contributed by atoms with Gasteiger partial charge in [-0.05, 0) is 54.1 Å². The van der Waals surface area contributed by atoms with Crippen LogP contribution in [0.5, 0.6) is 0 Å². The SMILES string of the molecule is O=C(Nc1ccc(F)c(NC(=O)C(F)F)c1F)c1cc(NC(=O)C2C(c3cc(Cl)cc(Br)c3)C2(Cl)Cl)ccc1Cl. The zero-order valence-electron chi connectivity index (χ0n) is 19.5. The second-order valence-electron chi connectivity index (χ2n) is 8.54. The highest BCUT2D eigenvalue weighted by molar-refractivity contribution is 9.10. The first kappa shape index (κ1) is 30.4. The van der Waals surface area contributed by atoms with Crippen LogP contribution in [0.15, 0.2) is 53.0 Å². The van der Waals surface area contributed by atoms with Gasteiger partial charge in [0.25, 0.3) is 11.8 Å². The van der Waals surface area contributed by atoms with Crippen molar-refractivity contribution in [3.05, 3.63) is 85.8 Å². The van der Waals surface area contributed by atoms with Gasteiger partial charge in [-0.2, -0.15) is 8.78 Å². The van der Waals surface area contributed by atoms with Crippen LogP contribution in [0, 0.1) is 17.6 Å². The Balaban J connectivity index is 1.52. The lowest BCUT2D eigenvalue weighted by molar-refractivity contribution is -0.126. The summed E-state index contributed by atoms with van der Waals surface area (Å²) in [5, 5.41) is 6.47. The summed E-state index contributed by atoms with van der Waals surface area (Å²) in [6.45, 7) is 0. The van der Waals surface area contributed by atoms with Crippen molar-refractivity contribution < 1.29 is 31.9 Å². The quantitative estimate of drug-likeness (QED) is 0.172. The largest absolute Gasteiger partial charge is 0.326 e. The average Bonchev–Trinajstić information content (AvgIpc) is 3.45. The summed E-state index contributed by atoms with van der Waals surface area (Å²) in [6.07, 6.45) is -3.53. The number of nitrogens with one attached hydrogen (secondary N) is 3. The molecule has 1 aliphatic rings. The highest BCUT2D eigenvalue weighted by Gasteiger charge is 2.67. The van der Waals surface area contributed by atoms with Gasteiger partial charge in [0.1, 0.15) is 15.8 Å². The smallest absolute Gasteiger partial charge is 0.315 e. The van der Waals surface area contributed by atoms with E-state index in [1.54, 1.807) is 18.2 Å². The van der Waals surface area contributed by atoms with Crippen molar-refractivity contribution in [2.45, 2.75) is 16.7 Å². The monoisotopic (exact) mass is 699 g/mol. The van der Waals surface area contributed by atoms with E-state index in [-0.39, 0.29) is 16.3 Å². The molecule has 0 aromatic heterocycles. The van der Waals surface area contributed by atoms with E-state index in [1.165, 1.54) is 23.5 Å². The maximum absolute atomic E-state index is 14.7. The standard InChI is InChI=1S/C25H14BrCl4F4N3O3/c26-10-5-9(6-11(27)7-10)17-18(25(17,29)30)23(39)35-12-1-2-14(28)13(8-12)22(38)36-16-4-3-15(31)20(19(16)32)37-24(40)21(33)34/h1-8,17-18,21H,(H,35,39)(H,36,38)(H,37,40). The number of carbonyl (C=O) groups is 3. The lowest BCUT2D eigenvalue weighted by atomic mass is 10.1. The van der Waals surface area contributed by atoms with Crippen molar-refractivity contribution >= 4 is 97.1 Å². The molecule has 6 nitrogen and oxygen atoms in total. The van der Waals surface area contributed by atoms with Gasteiger partial charge in [0, 0.05) is 21.1 Å². The van der Waals surface area contributed by atoms with Gasteiger partial charge in [0.2, 0.25) is 5.91 Å². The van der Waals surface area contributed by atoms with E-state index in [9.17, 15) is 31.9 Å². The van der Waals surface area contributed by atoms with Crippen LogP contribution < -0.4 is 16.0 Å². The number of hydrogen-bond acceptors (Lipinski definition) is 3. The number of anilines is 3. The van der Waals surface area contributed by atoms with Gasteiger partial charge in [-0.15, -0.1) is 23.2 Å². The molecule has 1 fully saturated rings. The van der Waals surface area contributed by atoms with Crippen molar-refractivity contribution in [1.82, 2.24) is 0 Å². The summed E-state index contributed by atoms with van der Waals surface area (Å²) in [4.78, 5) is 37.1. The highest BCUT2D eigenvalue weighted by Crippen LogP contribution is 2.65. The number of alkyl halides is 4. The Morgan fingerprint density at radius 2 is 1.62 bits per heavy atom. The summed E-state index contributed by atoms with van der Waals surface area (Å²) in [6, 6.07) is 10.4. The van der Waals surface area contributed by atoms with E-state index in [4.69, 9.17) is 46.4 Å². The Kier molecular flexibility index (Phi) is 8.91. The molecule has 1 saturated carbocycles. The molecule has 0 aliphatic heterocycles. The lowest BCUT2D eigenvalue weighted by Crippen LogP contribution is -2.22. The van der Waals surface area contributed by atoms with Crippen LogP contribution in [-0.4, -0.2) is 28.5 Å². The summed E-state index contributed by atoms with van der Waals surface area (Å²) in [5.74, 6) is -7.79. The molecular formula is C25H14BrCl4F4N3O3. The van der Waals surface area contributed by atoms with Crippen molar-refractivity contribution in [2.75, 3.05) is 16.0 Å². The first-order chi connectivity index (χ1) is 18.7. The normalized spacial score (nSPS) is 17.4. The van der Waals surface area contributed by atoms with Gasteiger partial charge in [0.15, 0.2) is 5.82 Å². The van der Waals surface area contributed by atoms with E-state index in [2.05, 4.69) is 26.6 Å². The highest BCUT2D eigenvalue weighted by atomic mass is 79.9. The van der Waals surface area contributed by atoms with E-state index < -0.39 is 63.3 Å². The van der Waals surface area contributed by atoms with Gasteiger partial charge < -0.3 is 16.0 Å². The van der Waals surface area contributed by atoms with Crippen LogP contribution in [0.2, 0.25) is 10.0 Å². The molecule has 210 valence electrons. The first-order valence-corrected chi connectivity index (χ1v) is 13.3. The fourth-order valence-electron chi connectivity index (χ4n) is 3.95. The summed E-state index contributed by atoms with van der Waals surface area (Å²) < 4.78 is 53.0. The molecule has 0 bridgehead atoms. The molecule has 4 rings (SSSR count). The molecule has 2 atom stereocenters. The Bertz CT molecular complexity index is 1520. The second kappa shape index (κ2) is 11.7. The van der Waals surface area contributed by atoms with Gasteiger partial charge in [-0.1, -0.05) is 39.1 Å². The predicted octanol–water partition coefficient (Wildman–Crippen LogP) is 8.02. The molecule has 0 radical (unpaired) electrons. The van der Waals surface area contributed by atoms with E-state index in [0.717, 1.165) is 6.07 Å². The minimum Gasteiger partial charge on any atom is -0.326 e. The lowest BCUT2D eigenvalue weighted by Gasteiger charge is -2.13. The van der Waals surface area contributed by atoms with Crippen molar-refractivity contribution in [2.24, 2.45) is 5.92 Å². The Morgan fingerprint density at radius 3 is 2.27 bits per heavy atom. The number of carbonyl (C=O) groups excluding carboxylic acids is 3. The number of halogens is 9. The third-order valence-corrected chi connectivity index (χ3v) is 7.79. The molecule has 2 unspecified atom stereocenters. The van der Waals surface area contributed by atoms with Crippen LogP contribution >= 0.6 is 62.3 Å². The number of benzene rings is 3. The van der Waals surface area contributed by atoms with Crippen LogP contribution in [0.4, 0.5) is 34.6 Å². The number of amides is 3. The van der Waals surface area contributed by atoms with E-state index in [0.29, 0.717) is 21.1 Å². The zero-order valence-corrected chi connectivity index (χ0v) is 24.1. The summed E-state index contributed by atoms with van der Waals surface area (Å²) in [5.41, 5.74) is -1.29. The minimum absolute atomic E-state index is 0.0960. The van der Waals surface area contributed by atoms with Crippen molar-refractivity contribution in [3.8, 4) is 0 Å². The van der Waals surface area contributed by atoms with Gasteiger partial charge >= 0.3 is 6.43 Å². The van der Waals surface area contributed by atoms with E-state index >= 15 is 0 Å². The molecule has 15 heteroatoms. The van der Waals surface area contributed by atoms with Gasteiger partial charge in [-0.25, -0.2) is 8.78 Å². The maximum Gasteiger partial charge on any atom is 0.315 e. The third-order valence-electron chi connectivity index (χ3n) is 5.84. The Morgan fingerprint density at radius 1 is 0.925 bits per heavy atom. The van der Waals surface area contributed by atoms with Crippen LogP contribution in [0.3, 0.4) is 0 Å². The fraction of sp³-hybridized carbons (Fsp3) is 0.160. The fourth-order valence-corrected chi connectivity index (χ4v) is 5.87. The topological polar surface area (TPSA) is 87.3 Å². The molecule has 3 aromatic carbocycles. The molecule has 3 aromatic rings. The van der Waals surface area contributed by atoms with Gasteiger partial charge in [0.05, 0.1) is 22.2 Å². The van der Waals surface area contributed by atoms with E-state index in [1.807, 2.05) is 0 Å². The molecule has 0 heterocycles. The molecule has 3 N–H and O–H groups in total. The summed E-state index contributed by atoms with van der Waals surface area (Å²) >= 11 is 28.3. The van der Waals surface area contributed by atoms with Gasteiger partial charge in [-0.3, -0.25) is 14.4 Å².